The normalized spacial score (nSPS) is 22.6. The van der Waals surface area contributed by atoms with E-state index in [2.05, 4.69) is 9.88 Å². The van der Waals surface area contributed by atoms with E-state index in [4.69, 9.17) is 4.74 Å². The molecule has 0 spiro atoms. The van der Waals surface area contributed by atoms with Gasteiger partial charge in [-0.3, -0.25) is 14.7 Å². The maximum absolute atomic E-state index is 12.6. The average Bonchev–Trinajstić information content (AvgIpc) is 3.15. The second kappa shape index (κ2) is 8.58. The van der Waals surface area contributed by atoms with Crippen LogP contribution in [-0.4, -0.2) is 59.6 Å². The second-order valence-electron chi connectivity index (χ2n) is 7.05. The molecule has 2 fully saturated rings. The number of methoxy groups -OCH3 is 1. The topological polar surface area (TPSA) is 45.7 Å². The molecule has 0 N–H and O–H groups in total. The Kier molecular flexibility index (Phi) is 6.21. The molecule has 5 heteroatoms. The van der Waals surface area contributed by atoms with Gasteiger partial charge in [0.1, 0.15) is 6.61 Å². The van der Waals surface area contributed by atoms with Crippen LogP contribution in [0.4, 0.5) is 0 Å². The van der Waals surface area contributed by atoms with Crippen molar-refractivity contribution in [1.29, 1.82) is 0 Å². The number of hydrogen-bond acceptors (Lipinski definition) is 4. The summed E-state index contributed by atoms with van der Waals surface area (Å²) in [7, 11) is 1.59. The van der Waals surface area contributed by atoms with Crippen LogP contribution in [0.2, 0.25) is 0 Å². The molecule has 3 rings (SSSR count). The molecule has 2 heterocycles. The molecule has 0 aromatic carbocycles. The fraction of sp³-hybridized carbons (Fsp3) is 0.684. The summed E-state index contributed by atoms with van der Waals surface area (Å²) in [5, 5.41) is 0. The summed E-state index contributed by atoms with van der Waals surface area (Å²) in [5.41, 5.74) is 1.08. The molecule has 1 aliphatic carbocycles. The fourth-order valence-electron chi connectivity index (χ4n) is 4.15. The number of rotatable bonds is 6. The largest absolute Gasteiger partial charge is 0.375 e. The van der Waals surface area contributed by atoms with Crippen LogP contribution in [0, 0.1) is 0 Å². The number of hydrogen-bond donors (Lipinski definition) is 0. The Bertz CT molecular complexity index is 517. The summed E-state index contributed by atoms with van der Waals surface area (Å²) in [5.74, 6) is 0.0830. The number of piperidine rings is 1. The molecule has 1 aliphatic heterocycles. The standard InChI is InChI=1S/C19H29N3O2/c1-24-15-19(23)22(13-16-6-4-10-20-12-16)18-9-5-11-21(14-18)17-7-2-3-8-17/h4,6,10,12,17-18H,2-3,5,7-9,11,13-15H2,1H3. The van der Waals surface area contributed by atoms with E-state index in [1.807, 2.05) is 23.2 Å². The van der Waals surface area contributed by atoms with Crippen LogP contribution in [-0.2, 0) is 16.1 Å². The Hall–Kier alpha value is -1.46. The van der Waals surface area contributed by atoms with Crippen molar-refractivity contribution in [3.63, 3.8) is 0 Å². The lowest BCUT2D eigenvalue weighted by molar-refractivity contribution is -0.139. The summed E-state index contributed by atoms with van der Waals surface area (Å²) >= 11 is 0. The predicted octanol–water partition coefficient (Wildman–Crippen LogP) is 2.46. The van der Waals surface area contributed by atoms with Gasteiger partial charge in [0, 0.05) is 44.7 Å². The van der Waals surface area contributed by atoms with Crippen molar-refractivity contribution in [2.24, 2.45) is 0 Å². The van der Waals surface area contributed by atoms with Crippen molar-refractivity contribution < 1.29 is 9.53 Å². The summed E-state index contributed by atoms with van der Waals surface area (Å²) in [4.78, 5) is 21.5. The third-order valence-electron chi connectivity index (χ3n) is 5.37. The summed E-state index contributed by atoms with van der Waals surface area (Å²) in [6, 6.07) is 4.98. The van der Waals surface area contributed by atoms with E-state index in [1.165, 1.54) is 38.6 Å². The summed E-state index contributed by atoms with van der Waals surface area (Å²) < 4.78 is 5.12. The van der Waals surface area contributed by atoms with Gasteiger partial charge in [0.15, 0.2) is 0 Å². The van der Waals surface area contributed by atoms with E-state index in [1.54, 1.807) is 13.3 Å². The first-order chi connectivity index (χ1) is 11.8. The molecule has 0 radical (unpaired) electrons. The Morgan fingerprint density at radius 2 is 2.17 bits per heavy atom. The van der Waals surface area contributed by atoms with E-state index >= 15 is 0 Å². The van der Waals surface area contributed by atoms with Crippen molar-refractivity contribution in [2.75, 3.05) is 26.8 Å². The molecule has 1 unspecified atom stereocenters. The number of amides is 1. The van der Waals surface area contributed by atoms with Crippen molar-refractivity contribution in [3.05, 3.63) is 30.1 Å². The monoisotopic (exact) mass is 331 g/mol. The first kappa shape index (κ1) is 17.4. The minimum Gasteiger partial charge on any atom is -0.375 e. The van der Waals surface area contributed by atoms with Crippen molar-refractivity contribution in [2.45, 2.75) is 57.2 Å². The molecule has 2 aliphatic rings. The van der Waals surface area contributed by atoms with Gasteiger partial charge in [0.25, 0.3) is 0 Å². The molecule has 1 aromatic heterocycles. The van der Waals surface area contributed by atoms with Gasteiger partial charge in [0.05, 0.1) is 0 Å². The highest BCUT2D eigenvalue weighted by atomic mass is 16.5. The maximum atomic E-state index is 12.6. The van der Waals surface area contributed by atoms with Gasteiger partial charge in [-0.25, -0.2) is 0 Å². The maximum Gasteiger partial charge on any atom is 0.249 e. The van der Waals surface area contributed by atoms with Crippen LogP contribution in [0.15, 0.2) is 24.5 Å². The molecule has 1 amide bonds. The van der Waals surface area contributed by atoms with Gasteiger partial charge >= 0.3 is 0 Å². The second-order valence-corrected chi connectivity index (χ2v) is 7.05. The summed E-state index contributed by atoms with van der Waals surface area (Å²) in [6.07, 6.45) is 11.2. The van der Waals surface area contributed by atoms with Gasteiger partial charge in [-0.15, -0.1) is 0 Å². The predicted molar refractivity (Wildman–Crippen MR) is 93.5 cm³/mol. The van der Waals surface area contributed by atoms with Crippen LogP contribution in [0.3, 0.4) is 0 Å². The minimum atomic E-state index is 0.0830. The molecule has 1 aromatic rings. The Morgan fingerprint density at radius 1 is 1.33 bits per heavy atom. The van der Waals surface area contributed by atoms with E-state index in [0.717, 1.165) is 24.6 Å². The highest BCUT2D eigenvalue weighted by molar-refractivity contribution is 5.77. The third-order valence-corrected chi connectivity index (χ3v) is 5.37. The molecule has 1 saturated heterocycles. The van der Waals surface area contributed by atoms with Gasteiger partial charge in [0.2, 0.25) is 5.91 Å². The number of aromatic nitrogens is 1. The molecular weight excluding hydrogens is 302 g/mol. The van der Waals surface area contributed by atoms with E-state index in [0.29, 0.717) is 6.54 Å². The molecule has 132 valence electrons. The lowest BCUT2D eigenvalue weighted by atomic mass is 10.0. The highest BCUT2D eigenvalue weighted by Crippen LogP contribution is 2.28. The quantitative estimate of drug-likeness (QED) is 0.803. The van der Waals surface area contributed by atoms with Gasteiger partial charge in [-0.2, -0.15) is 0 Å². The van der Waals surface area contributed by atoms with Crippen molar-refractivity contribution >= 4 is 5.91 Å². The first-order valence-electron chi connectivity index (χ1n) is 9.19. The minimum absolute atomic E-state index is 0.0830. The third kappa shape index (κ3) is 4.33. The Balaban J connectivity index is 1.70. The number of likely N-dealkylation sites (tertiary alicyclic amines) is 1. The number of nitrogens with zero attached hydrogens (tertiary/aromatic N) is 3. The molecular formula is C19H29N3O2. The lowest BCUT2D eigenvalue weighted by Gasteiger charge is -2.41. The van der Waals surface area contributed by atoms with E-state index < -0.39 is 0 Å². The highest BCUT2D eigenvalue weighted by Gasteiger charge is 2.32. The zero-order valence-corrected chi connectivity index (χ0v) is 14.7. The molecule has 24 heavy (non-hydrogen) atoms. The first-order valence-corrected chi connectivity index (χ1v) is 9.19. The van der Waals surface area contributed by atoms with E-state index in [-0.39, 0.29) is 18.6 Å². The lowest BCUT2D eigenvalue weighted by Crippen LogP contribution is -2.52. The SMILES string of the molecule is COCC(=O)N(Cc1cccnc1)C1CCCN(C2CCCC2)C1. The van der Waals surface area contributed by atoms with Gasteiger partial charge in [-0.05, 0) is 43.9 Å². The Morgan fingerprint density at radius 3 is 2.88 bits per heavy atom. The molecule has 1 saturated carbocycles. The van der Waals surface area contributed by atoms with Crippen LogP contribution in [0.5, 0.6) is 0 Å². The van der Waals surface area contributed by atoms with Gasteiger partial charge < -0.3 is 9.64 Å². The zero-order valence-electron chi connectivity index (χ0n) is 14.7. The van der Waals surface area contributed by atoms with E-state index in [9.17, 15) is 4.79 Å². The number of pyridine rings is 1. The Labute approximate surface area is 145 Å². The zero-order chi connectivity index (χ0) is 16.8. The van der Waals surface area contributed by atoms with Crippen LogP contribution in [0.1, 0.15) is 44.1 Å². The van der Waals surface area contributed by atoms with Crippen molar-refractivity contribution in [3.8, 4) is 0 Å². The smallest absolute Gasteiger partial charge is 0.249 e. The number of carbonyl (C=O) groups excluding carboxylic acids is 1. The number of ether oxygens (including phenoxy) is 1. The summed E-state index contributed by atoms with van der Waals surface area (Å²) in [6.45, 7) is 2.96. The van der Waals surface area contributed by atoms with Crippen LogP contribution in [0.25, 0.3) is 0 Å². The molecule has 0 bridgehead atoms. The fourth-order valence-corrected chi connectivity index (χ4v) is 4.15. The molecule has 1 atom stereocenters. The van der Waals surface area contributed by atoms with Crippen molar-refractivity contribution in [1.82, 2.24) is 14.8 Å². The van der Waals surface area contributed by atoms with Crippen LogP contribution < -0.4 is 0 Å². The van der Waals surface area contributed by atoms with Gasteiger partial charge in [-0.1, -0.05) is 18.9 Å². The number of carbonyl (C=O) groups is 1. The average molecular weight is 331 g/mol. The molecule has 5 nitrogen and oxygen atoms in total. The van der Waals surface area contributed by atoms with Crippen LogP contribution >= 0.6 is 0 Å².